The summed E-state index contributed by atoms with van der Waals surface area (Å²) in [5, 5.41) is 3.63. The molecule has 0 saturated heterocycles. The first kappa shape index (κ1) is 24.9. The van der Waals surface area contributed by atoms with E-state index in [1.54, 1.807) is 13.0 Å². The van der Waals surface area contributed by atoms with Gasteiger partial charge in [-0.25, -0.2) is 8.42 Å². The van der Waals surface area contributed by atoms with E-state index < -0.39 is 16.1 Å². The molecule has 0 saturated carbocycles. The Morgan fingerprint density at radius 1 is 1.00 bits per heavy atom. The standard InChI is InChI=1S/C24H30Cl2N2O3S/c1-4-22(18-11-10-16-8-6-7-9-17(16)14-18)27-24(29)23(5-2)28(32(3,30)31)19-12-13-20(25)21(26)15-19/h10-15,22-23H,4-9H2,1-3H3,(H,27,29). The second-order valence-corrected chi connectivity index (χ2v) is 11.0. The molecule has 174 valence electrons. The Morgan fingerprint density at radius 3 is 2.28 bits per heavy atom. The summed E-state index contributed by atoms with van der Waals surface area (Å²) in [6.07, 6.45) is 6.66. The van der Waals surface area contributed by atoms with E-state index in [0.717, 1.165) is 29.0 Å². The zero-order chi connectivity index (χ0) is 23.5. The lowest BCUT2D eigenvalue weighted by molar-refractivity contribution is -0.123. The largest absolute Gasteiger partial charge is 0.347 e. The number of sulfonamides is 1. The minimum atomic E-state index is -3.75. The van der Waals surface area contributed by atoms with Crippen molar-refractivity contribution in [3.8, 4) is 0 Å². The number of amides is 1. The highest BCUT2D eigenvalue weighted by molar-refractivity contribution is 7.92. The molecule has 0 heterocycles. The predicted octanol–water partition coefficient (Wildman–Crippen LogP) is 5.68. The van der Waals surface area contributed by atoms with Crippen LogP contribution >= 0.6 is 23.2 Å². The molecule has 0 spiro atoms. The van der Waals surface area contributed by atoms with Crippen LogP contribution in [0, 0.1) is 0 Å². The average Bonchev–Trinajstić information content (AvgIpc) is 2.76. The number of benzene rings is 2. The summed E-state index contributed by atoms with van der Waals surface area (Å²) < 4.78 is 26.5. The van der Waals surface area contributed by atoms with Crippen LogP contribution in [0.15, 0.2) is 36.4 Å². The van der Waals surface area contributed by atoms with E-state index in [4.69, 9.17) is 23.2 Å². The number of nitrogens with zero attached hydrogens (tertiary/aromatic N) is 1. The number of nitrogens with one attached hydrogen (secondary N) is 1. The molecule has 1 aliphatic rings. The Balaban J connectivity index is 1.89. The maximum atomic E-state index is 13.3. The maximum absolute atomic E-state index is 13.3. The van der Waals surface area contributed by atoms with Crippen molar-refractivity contribution < 1.29 is 13.2 Å². The summed E-state index contributed by atoms with van der Waals surface area (Å²) in [4.78, 5) is 13.3. The predicted molar refractivity (Wildman–Crippen MR) is 132 cm³/mol. The van der Waals surface area contributed by atoms with Crippen LogP contribution in [-0.4, -0.2) is 26.6 Å². The molecule has 2 aromatic rings. The van der Waals surface area contributed by atoms with E-state index in [9.17, 15) is 13.2 Å². The van der Waals surface area contributed by atoms with Gasteiger partial charge in [0.25, 0.3) is 0 Å². The molecular weight excluding hydrogens is 467 g/mol. The number of hydrogen-bond acceptors (Lipinski definition) is 3. The van der Waals surface area contributed by atoms with Crippen molar-refractivity contribution in [2.45, 2.75) is 64.5 Å². The number of hydrogen-bond donors (Lipinski definition) is 1. The Labute approximate surface area is 201 Å². The summed E-state index contributed by atoms with van der Waals surface area (Å²) >= 11 is 12.1. The number of fused-ring (bicyclic) bond motifs is 1. The summed E-state index contributed by atoms with van der Waals surface area (Å²) in [6.45, 7) is 3.80. The molecule has 0 radical (unpaired) electrons. The number of anilines is 1. The zero-order valence-corrected chi connectivity index (χ0v) is 21.0. The van der Waals surface area contributed by atoms with Crippen molar-refractivity contribution >= 4 is 44.8 Å². The Hall–Kier alpha value is -1.76. The van der Waals surface area contributed by atoms with Crippen LogP contribution in [0.4, 0.5) is 5.69 Å². The van der Waals surface area contributed by atoms with Gasteiger partial charge in [-0.15, -0.1) is 0 Å². The Morgan fingerprint density at radius 2 is 1.69 bits per heavy atom. The van der Waals surface area contributed by atoms with Gasteiger partial charge in [-0.3, -0.25) is 9.10 Å². The van der Waals surface area contributed by atoms with Gasteiger partial charge < -0.3 is 5.32 Å². The average molecular weight is 497 g/mol. The van der Waals surface area contributed by atoms with Crippen LogP contribution in [0.1, 0.15) is 62.3 Å². The van der Waals surface area contributed by atoms with Crippen molar-refractivity contribution in [1.82, 2.24) is 5.32 Å². The summed E-state index contributed by atoms with van der Waals surface area (Å²) in [5.74, 6) is -0.339. The fourth-order valence-corrected chi connectivity index (χ4v) is 5.84. The molecule has 32 heavy (non-hydrogen) atoms. The molecular formula is C24H30Cl2N2O3S. The molecule has 3 rings (SSSR count). The topological polar surface area (TPSA) is 66.5 Å². The van der Waals surface area contributed by atoms with Crippen LogP contribution in [0.25, 0.3) is 0 Å². The first-order valence-corrected chi connectivity index (χ1v) is 13.6. The lowest BCUT2D eigenvalue weighted by Crippen LogP contribution is -2.50. The van der Waals surface area contributed by atoms with Crippen LogP contribution in [-0.2, 0) is 27.7 Å². The van der Waals surface area contributed by atoms with Gasteiger partial charge in [-0.05, 0) is 73.4 Å². The molecule has 0 fully saturated rings. The SMILES string of the molecule is CCC(NC(=O)C(CC)N(c1ccc(Cl)c(Cl)c1)S(C)(=O)=O)c1ccc2c(c1)CCCC2. The number of halogens is 2. The highest BCUT2D eigenvalue weighted by Crippen LogP contribution is 2.31. The second-order valence-electron chi connectivity index (χ2n) is 8.29. The lowest BCUT2D eigenvalue weighted by atomic mass is 9.88. The van der Waals surface area contributed by atoms with Crippen LogP contribution in [0.3, 0.4) is 0 Å². The molecule has 0 aliphatic heterocycles. The highest BCUT2D eigenvalue weighted by atomic mass is 35.5. The molecule has 0 bridgehead atoms. The number of rotatable bonds is 8. The molecule has 2 unspecified atom stereocenters. The number of aryl methyl sites for hydroxylation is 2. The van der Waals surface area contributed by atoms with Gasteiger partial charge in [0.1, 0.15) is 6.04 Å². The van der Waals surface area contributed by atoms with Gasteiger partial charge in [0.15, 0.2) is 0 Å². The molecule has 1 N–H and O–H groups in total. The normalized spacial score (nSPS) is 15.5. The van der Waals surface area contributed by atoms with Crippen molar-refractivity contribution in [1.29, 1.82) is 0 Å². The second kappa shape index (κ2) is 10.4. The fraction of sp³-hybridized carbons (Fsp3) is 0.458. The number of carbonyl (C=O) groups excluding carboxylic acids is 1. The summed E-state index contributed by atoms with van der Waals surface area (Å²) in [5.41, 5.74) is 4.10. The highest BCUT2D eigenvalue weighted by Gasteiger charge is 2.33. The van der Waals surface area contributed by atoms with Crippen LogP contribution in [0.5, 0.6) is 0 Å². The fourth-order valence-electron chi connectivity index (χ4n) is 4.34. The monoisotopic (exact) mass is 496 g/mol. The third-order valence-corrected chi connectivity index (χ3v) is 7.91. The van der Waals surface area contributed by atoms with Gasteiger partial charge in [0, 0.05) is 0 Å². The van der Waals surface area contributed by atoms with E-state index in [1.807, 2.05) is 6.92 Å². The lowest BCUT2D eigenvalue weighted by Gasteiger charge is -2.32. The summed E-state index contributed by atoms with van der Waals surface area (Å²) in [7, 11) is -3.75. The van der Waals surface area contributed by atoms with Crippen LogP contribution in [0.2, 0.25) is 10.0 Å². The van der Waals surface area contributed by atoms with Gasteiger partial charge >= 0.3 is 0 Å². The molecule has 0 aromatic heterocycles. The molecule has 5 nitrogen and oxygen atoms in total. The molecule has 2 aromatic carbocycles. The quantitative estimate of drug-likeness (QED) is 0.510. The van der Waals surface area contributed by atoms with Crippen molar-refractivity contribution in [3.63, 3.8) is 0 Å². The van der Waals surface area contributed by atoms with E-state index in [-0.39, 0.29) is 17.0 Å². The molecule has 1 aliphatic carbocycles. The molecule has 1 amide bonds. The van der Waals surface area contributed by atoms with Gasteiger partial charge in [0.2, 0.25) is 15.9 Å². The van der Waals surface area contributed by atoms with Gasteiger partial charge in [-0.2, -0.15) is 0 Å². The Bertz CT molecular complexity index is 1090. The molecule has 2 atom stereocenters. The minimum absolute atomic E-state index is 0.195. The van der Waals surface area contributed by atoms with Gasteiger partial charge in [-0.1, -0.05) is 55.2 Å². The van der Waals surface area contributed by atoms with Gasteiger partial charge in [0.05, 0.1) is 28.0 Å². The third kappa shape index (κ3) is 5.59. The van der Waals surface area contributed by atoms with Crippen molar-refractivity contribution in [2.75, 3.05) is 10.6 Å². The third-order valence-electron chi connectivity index (χ3n) is 5.99. The zero-order valence-electron chi connectivity index (χ0n) is 18.7. The maximum Gasteiger partial charge on any atom is 0.244 e. The first-order valence-electron chi connectivity index (χ1n) is 11.0. The summed E-state index contributed by atoms with van der Waals surface area (Å²) in [6, 6.07) is 9.89. The van der Waals surface area contributed by atoms with Crippen molar-refractivity contribution in [2.24, 2.45) is 0 Å². The molecule has 8 heteroatoms. The van der Waals surface area contributed by atoms with E-state index in [0.29, 0.717) is 23.6 Å². The Kier molecular flexibility index (Phi) is 8.12. The van der Waals surface area contributed by atoms with Crippen molar-refractivity contribution in [3.05, 3.63) is 63.1 Å². The number of carbonyl (C=O) groups is 1. The smallest absolute Gasteiger partial charge is 0.244 e. The van der Waals surface area contributed by atoms with E-state index >= 15 is 0 Å². The minimum Gasteiger partial charge on any atom is -0.347 e. The van der Waals surface area contributed by atoms with E-state index in [2.05, 4.69) is 23.5 Å². The van der Waals surface area contributed by atoms with Crippen LogP contribution < -0.4 is 9.62 Å². The van der Waals surface area contributed by atoms with E-state index in [1.165, 1.54) is 36.1 Å². The first-order chi connectivity index (χ1) is 15.2.